The van der Waals surface area contributed by atoms with Crippen LogP contribution >= 0.6 is 0 Å². The summed E-state index contributed by atoms with van der Waals surface area (Å²) < 4.78 is 5.27. The van der Waals surface area contributed by atoms with Crippen LogP contribution < -0.4 is 5.32 Å². The number of hydrogen-bond acceptors (Lipinski definition) is 3. The van der Waals surface area contributed by atoms with Crippen LogP contribution in [0.25, 0.3) is 6.08 Å². The standard InChI is InChI=1S/C11H12N2O2/c1-8-9(3-2-4-12-8)7-10-11(14)13-5-6-15-10/h2-4,7H,5-6H2,1H3,(H,13,14)/b10-7-. The highest BCUT2D eigenvalue weighted by Gasteiger charge is 2.15. The van der Waals surface area contributed by atoms with Crippen molar-refractivity contribution >= 4 is 12.0 Å². The van der Waals surface area contributed by atoms with Crippen LogP contribution in [0.3, 0.4) is 0 Å². The van der Waals surface area contributed by atoms with Gasteiger partial charge in [0.1, 0.15) is 6.61 Å². The summed E-state index contributed by atoms with van der Waals surface area (Å²) in [5.41, 5.74) is 1.79. The average Bonchev–Trinajstić information content (AvgIpc) is 2.24. The number of morpholine rings is 1. The van der Waals surface area contributed by atoms with Gasteiger partial charge in [0.25, 0.3) is 5.91 Å². The van der Waals surface area contributed by atoms with Crippen LogP contribution in [-0.2, 0) is 9.53 Å². The van der Waals surface area contributed by atoms with Gasteiger partial charge in [0.15, 0.2) is 5.76 Å². The fraction of sp³-hybridized carbons (Fsp3) is 0.273. The molecule has 15 heavy (non-hydrogen) atoms. The summed E-state index contributed by atoms with van der Waals surface area (Å²) in [5, 5.41) is 2.72. The summed E-state index contributed by atoms with van der Waals surface area (Å²) in [6.45, 7) is 2.99. The number of nitrogens with zero attached hydrogens (tertiary/aromatic N) is 1. The van der Waals surface area contributed by atoms with Crippen LogP contribution in [0.2, 0.25) is 0 Å². The molecule has 1 N–H and O–H groups in total. The smallest absolute Gasteiger partial charge is 0.286 e. The molecule has 1 saturated heterocycles. The number of ether oxygens (including phenoxy) is 1. The summed E-state index contributed by atoms with van der Waals surface area (Å²) in [4.78, 5) is 15.5. The van der Waals surface area contributed by atoms with Crippen molar-refractivity contribution in [3.8, 4) is 0 Å². The van der Waals surface area contributed by atoms with E-state index in [-0.39, 0.29) is 5.91 Å². The monoisotopic (exact) mass is 204 g/mol. The Bertz CT molecular complexity index is 413. The van der Waals surface area contributed by atoms with Crippen molar-refractivity contribution in [1.82, 2.24) is 10.3 Å². The van der Waals surface area contributed by atoms with E-state index in [4.69, 9.17) is 4.74 Å². The van der Waals surface area contributed by atoms with Gasteiger partial charge in [-0.3, -0.25) is 9.78 Å². The molecule has 4 heteroatoms. The first-order valence-corrected chi connectivity index (χ1v) is 4.81. The maximum Gasteiger partial charge on any atom is 0.286 e. The predicted octanol–water partition coefficient (Wildman–Crippen LogP) is 0.877. The first-order valence-electron chi connectivity index (χ1n) is 4.81. The number of aryl methyl sites for hydroxylation is 1. The molecule has 0 spiro atoms. The molecule has 78 valence electrons. The molecule has 1 aliphatic rings. The molecular formula is C11H12N2O2. The van der Waals surface area contributed by atoms with Gasteiger partial charge in [-0.25, -0.2) is 0 Å². The van der Waals surface area contributed by atoms with Crippen molar-refractivity contribution in [2.75, 3.05) is 13.2 Å². The second-order valence-corrected chi connectivity index (χ2v) is 3.29. The summed E-state index contributed by atoms with van der Waals surface area (Å²) in [7, 11) is 0. The Morgan fingerprint density at radius 1 is 1.60 bits per heavy atom. The molecule has 4 nitrogen and oxygen atoms in total. The molecule has 1 aliphatic heterocycles. The molecule has 1 aromatic heterocycles. The van der Waals surface area contributed by atoms with Crippen LogP contribution in [0.15, 0.2) is 24.1 Å². The van der Waals surface area contributed by atoms with Crippen LogP contribution in [-0.4, -0.2) is 24.0 Å². The molecule has 2 rings (SSSR count). The molecule has 0 atom stereocenters. The number of aromatic nitrogens is 1. The number of carbonyl (C=O) groups is 1. The number of amides is 1. The fourth-order valence-electron chi connectivity index (χ4n) is 1.38. The highest BCUT2D eigenvalue weighted by Crippen LogP contribution is 2.12. The molecule has 0 saturated carbocycles. The van der Waals surface area contributed by atoms with Gasteiger partial charge >= 0.3 is 0 Å². The van der Waals surface area contributed by atoms with Crippen LogP contribution in [0, 0.1) is 6.92 Å². The predicted molar refractivity (Wildman–Crippen MR) is 55.9 cm³/mol. The lowest BCUT2D eigenvalue weighted by Crippen LogP contribution is -2.34. The highest BCUT2D eigenvalue weighted by atomic mass is 16.5. The number of rotatable bonds is 1. The first-order chi connectivity index (χ1) is 7.27. The van der Waals surface area contributed by atoms with E-state index in [2.05, 4.69) is 10.3 Å². The van der Waals surface area contributed by atoms with Crippen LogP contribution in [0.5, 0.6) is 0 Å². The molecule has 0 unspecified atom stereocenters. The lowest BCUT2D eigenvalue weighted by Gasteiger charge is -2.16. The summed E-state index contributed by atoms with van der Waals surface area (Å²) in [5.74, 6) is 0.196. The zero-order valence-corrected chi connectivity index (χ0v) is 8.49. The van der Waals surface area contributed by atoms with Gasteiger partial charge in [0, 0.05) is 11.9 Å². The van der Waals surface area contributed by atoms with E-state index in [0.717, 1.165) is 11.3 Å². The molecule has 0 bridgehead atoms. The summed E-state index contributed by atoms with van der Waals surface area (Å²) in [6, 6.07) is 3.74. The van der Waals surface area contributed by atoms with Crippen molar-refractivity contribution in [2.45, 2.75) is 6.92 Å². The largest absolute Gasteiger partial charge is 0.486 e. The van der Waals surface area contributed by atoms with Gasteiger partial charge in [-0.15, -0.1) is 0 Å². The maximum atomic E-state index is 11.4. The first kappa shape index (κ1) is 9.71. The second kappa shape index (κ2) is 4.13. The Hall–Kier alpha value is -1.84. The van der Waals surface area contributed by atoms with Crippen molar-refractivity contribution in [1.29, 1.82) is 0 Å². The molecule has 2 heterocycles. The lowest BCUT2D eigenvalue weighted by atomic mass is 10.2. The summed E-state index contributed by atoms with van der Waals surface area (Å²) in [6.07, 6.45) is 3.44. The highest BCUT2D eigenvalue weighted by molar-refractivity contribution is 5.96. The van der Waals surface area contributed by atoms with E-state index in [9.17, 15) is 4.79 Å². The Labute approximate surface area is 88.0 Å². The van der Waals surface area contributed by atoms with Crippen LogP contribution in [0.1, 0.15) is 11.3 Å². The molecule has 0 aromatic carbocycles. The maximum absolute atomic E-state index is 11.4. The third-order valence-corrected chi connectivity index (χ3v) is 2.20. The number of carbonyl (C=O) groups excluding carboxylic acids is 1. The third kappa shape index (κ3) is 2.15. The van der Waals surface area contributed by atoms with Crippen molar-refractivity contribution in [2.24, 2.45) is 0 Å². The normalized spacial score (nSPS) is 18.5. The third-order valence-electron chi connectivity index (χ3n) is 2.20. The molecule has 0 radical (unpaired) electrons. The van der Waals surface area contributed by atoms with Gasteiger partial charge in [-0.2, -0.15) is 0 Å². The lowest BCUT2D eigenvalue weighted by molar-refractivity contribution is -0.123. The zero-order valence-electron chi connectivity index (χ0n) is 8.49. The molecule has 0 aliphatic carbocycles. The second-order valence-electron chi connectivity index (χ2n) is 3.29. The van der Waals surface area contributed by atoms with Gasteiger partial charge in [0.2, 0.25) is 0 Å². The minimum absolute atomic E-state index is 0.162. The Kier molecular flexibility index (Phi) is 2.67. The number of nitrogens with one attached hydrogen (secondary N) is 1. The Balaban J connectivity index is 2.29. The molecule has 1 aromatic rings. The van der Waals surface area contributed by atoms with E-state index in [1.54, 1.807) is 12.3 Å². The van der Waals surface area contributed by atoms with E-state index < -0.39 is 0 Å². The van der Waals surface area contributed by atoms with Gasteiger partial charge in [-0.05, 0) is 24.6 Å². The van der Waals surface area contributed by atoms with Crippen molar-refractivity contribution < 1.29 is 9.53 Å². The van der Waals surface area contributed by atoms with Crippen molar-refractivity contribution in [3.63, 3.8) is 0 Å². The van der Waals surface area contributed by atoms with Gasteiger partial charge in [-0.1, -0.05) is 6.07 Å². The van der Waals surface area contributed by atoms with E-state index >= 15 is 0 Å². The summed E-state index contributed by atoms with van der Waals surface area (Å²) >= 11 is 0. The van der Waals surface area contributed by atoms with Gasteiger partial charge in [0.05, 0.1) is 6.54 Å². The van der Waals surface area contributed by atoms with Gasteiger partial charge < -0.3 is 10.1 Å². The van der Waals surface area contributed by atoms with E-state index in [1.807, 2.05) is 19.1 Å². The van der Waals surface area contributed by atoms with Crippen molar-refractivity contribution in [3.05, 3.63) is 35.3 Å². The zero-order chi connectivity index (χ0) is 10.7. The SMILES string of the molecule is Cc1ncccc1/C=C1\OCCNC1=O. The number of hydrogen-bond donors (Lipinski definition) is 1. The number of pyridine rings is 1. The Morgan fingerprint density at radius 3 is 3.20 bits per heavy atom. The quantitative estimate of drug-likeness (QED) is 0.691. The average molecular weight is 204 g/mol. The molecule has 1 fully saturated rings. The molecule has 1 amide bonds. The fourth-order valence-corrected chi connectivity index (χ4v) is 1.38. The van der Waals surface area contributed by atoms with E-state index in [1.165, 1.54) is 0 Å². The van der Waals surface area contributed by atoms with E-state index in [0.29, 0.717) is 18.9 Å². The molecular weight excluding hydrogens is 192 g/mol. The Morgan fingerprint density at radius 2 is 2.47 bits per heavy atom. The van der Waals surface area contributed by atoms with Crippen LogP contribution in [0.4, 0.5) is 0 Å². The minimum atomic E-state index is -0.162. The topological polar surface area (TPSA) is 51.2 Å². The minimum Gasteiger partial charge on any atom is -0.486 e.